The lowest BCUT2D eigenvalue weighted by Gasteiger charge is -2.30. The van der Waals surface area contributed by atoms with Gasteiger partial charge in [-0.25, -0.2) is 0 Å². The van der Waals surface area contributed by atoms with Crippen LogP contribution in [0.3, 0.4) is 0 Å². The maximum absolute atomic E-state index is 12.6. The molecule has 4 heterocycles. The zero-order valence-corrected chi connectivity index (χ0v) is 17.6. The number of nitrogens with one attached hydrogen (secondary N) is 1. The number of rotatable bonds is 6. The van der Waals surface area contributed by atoms with Crippen LogP contribution >= 0.6 is 0 Å². The van der Waals surface area contributed by atoms with Crippen molar-refractivity contribution in [1.29, 1.82) is 0 Å². The van der Waals surface area contributed by atoms with Crippen molar-refractivity contribution >= 4 is 17.4 Å². The molecule has 1 amide bonds. The monoisotopic (exact) mass is 422 g/mol. The predicted octanol–water partition coefficient (Wildman–Crippen LogP) is 2.66. The largest absolute Gasteiger partial charge is 0.454 e. The Morgan fingerprint density at radius 3 is 2.84 bits per heavy atom. The summed E-state index contributed by atoms with van der Waals surface area (Å²) in [5, 5.41) is 16.4. The number of aromatic nitrogens is 4. The first-order valence-electron chi connectivity index (χ1n) is 10.8. The second-order valence-corrected chi connectivity index (χ2v) is 8.21. The van der Waals surface area contributed by atoms with Gasteiger partial charge in [0.15, 0.2) is 23.0 Å². The van der Waals surface area contributed by atoms with Gasteiger partial charge in [0.2, 0.25) is 12.7 Å². The minimum atomic E-state index is 0.181. The number of piperidine rings is 1. The number of fused-ring (bicyclic) bond motifs is 2. The molecule has 0 atom stereocenters. The van der Waals surface area contributed by atoms with E-state index in [0.717, 1.165) is 43.0 Å². The summed E-state index contributed by atoms with van der Waals surface area (Å²) >= 11 is 0. The van der Waals surface area contributed by atoms with Crippen LogP contribution in [0.2, 0.25) is 0 Å². The Morgan fingerprint density at radius 1 is 1.13 bits per heavy atom. The highest BCUT2D eigenvalue weighted by Gasteiger charge is 2.21. The number of benzene rings is 1. The molecule has 0 aliphatic carbocycles. The molecule has 2 aliphatic rings. The molecule has 0 bridgehead atoms. The van der Waals surface area contributed by atoms with E-state index in [1.54, 1.807) is 4.52 Å². The highest BCUT2D eigenvalue weighted by atomic mass is 16.7. The molecule has 3 aromatic rings. The number of likely N-dealkylation sites (tertiary alicyclic amines) is 1. The second-order valence-electron chi connectivity index (χ2n) is 8.21. The molecule has 1 saturated heterocycles. The fourth-order valence-electron chi connectivity index (χ4n) is 3.96. The Morgan fingerprint density at radius 2 is 1.97 bits per heavy atom. The highest BCUT2D eigenvalue weighted by molar-refractivity contribution is 5.76. The van der Waals surface area contributed by atoms with Crippen molar-refractivity contribution in [3.8, 4) is 11.5 Å². The fourth-order valence-corrected chi connectivity index (χ4v) is 3.96. The molecule has 31 heavy (non-hydrogen) atoms. The normalized spacial score (nSPS) is 16.1. The van der Waals surface area contributed by atoms with E-state index in [2.05, 4.69) is 27.5 Å². The molecule has 2 aliphatic heterocycles. The van der Waals surface area contributed by atoms with E-state index in [0.29, 0.717) is 42.6 Å². The number of anilines is 1. The van der Waals surface area contributed by atoms with Gasteiger partial charge in [0.05, 0.1) is 0 Å². The topological polar surface area (TPSA) is 93.9 Å². The molecule has 0 spiro atoms. The summed E-state index contributed by atoms with van der Waals surface area (Å²) in [7, 11) is 0. The zero-order chi connectivity index (χ0) is 21.2. The number of ether oxygens (including phenoxy) is 2. The number of carbonyl (C=O) groups excluding carboxylic acids is 1. The van der Waals surface area contributed by atoms with Crippen molar-refractivity contribution in [2.24, 2.45) is 5.92 Å². The van der Waals surface area contributed by atoms with Gasteiger partial charge in [0.1, 0.15) is 5.82 Å². The van der Waals surface area contributed by atoms with Crippen molar-refractivity contribution < 1.29 is 14.3 Å². The lowest BCUT2D eigenvalue weighted by Crippen LogP contribution is -2.38. The van der Waals surface area contributed by atoms with Gasteiger partial charge in [-0.1, -0.05) is 13.0 Å². The van der Waals surface area contributed by atoms with Crippen LogP contribution in [0.25, 0.3) is 5.65 Å². The third-order valence-corrected chi connectivity index (χ3v) is 5.94. The van der Waals surface area contributed by atoms with Crippen molar-refractivity contribution in [2.75, 3.05) is 25.2 Å². The molecule has 0 radical (unpaired) electrons. The third-order valence-electron chi connectivity index (χ3n) is 5.94. The third kappa shape index (κ3) is 4.26. The standard InChI is InChI=1S/C22H26N6O3/c1-15-8-10-27(11-9-15)22(29)7-6-21-25-24-20-5-4-19(26-28(20)21)23-13-16-2-3-17-18(12-16)31-14-30-17/h2-5,12,15H,6-11,13-14H2,1H3,(H,23,26). The smallest absolute Gasteiger partial charge is 0.231 e. The molecular formula is C22H26N6O3. The summed E-state index contributed by atoms with van der Waals surface area (Å²) in [6.07, 6.45) is 3.11. The molecule has 9 heteroatoms. The average Bonchev–Trinajstić information content (AvgIpc) is 3.42. The van der Waals surface area contributed by atoms with Crippen LogP contribution in [-0.4, -0.2) is 50.5 Å². The van der Waals surface area contributed by atoms with E-state index < -0.39 is 0 Å². The van der Waals surface area contributed by atoms with Crippen LogP contribution in [0, 0.1) is 5.92 Å². The number of hydrogen-bond acceptors (Lipinski definition) is 7. The lowest BCUT2D eigenvalue weighted by atomic mass is 9.99. The number of hydrogen-bond donors (Lipinski definition) is 1. The van der Waals surface area contributed by atoms with E-state index >= 15 is 0 Å². The number of carbonyl (C=O) groups is 1. The fraction of sp³-hybridized carbons (Fsp3) is 0.455. The van der Waals surface area contributed by atoms with Gasteiger partial charge in [-0.05, 0) is 48.6 Å². The predicted molar refractivity (Wildman–Crippen MR) is 114 cm³/mol. The van der Waals surface area contributed by atoms with Crippen LogP contribution in [0.15, 0.2) is 30.3 Å². The van der Waals surface area contributed by atoms with Gasteiger partial charge in [-0.3, -0.25) is 4.79 Å². The maximum Gasteiger partial charge on any atom is 0.231 e. The SMILES string of the molecule is CC1CCN(C(=O)CCc2nnc3ccc(NCc4ccc5c(c4)OCO5)nn23)CC1. The lowest BCUT2D eigenvalue weighted by molar-refractivity contribution is -0.132. The van der Waals surface area contributed by atoms with Crippen LogP contribution in [0.4, 0.5) is 5.82 Å². The molecule has 9 nitrogen and oxygen atoms in total. The first kappa shape index (κ1) is 19.6. The minimum absolute atomic E-state index is 0.181. The van der Waals surface area contributed by atoms with Gasteiger partial charge in [-0.15, -0.1) is 15.3 Å². The number of amides is 1. The van der Waals surface area contributed by atoms with E-state index in [4.69, 9.17) is 9.47 Å². The second kappa shape index (κ2) is 8.41. The van der Waals surface area contributed by atoms with Gasteiger partial charge in [-0.2, -0.15) is 4.52 Å². The van der Waals surface area contributed by atoms with E-state index in [-0.39, 0.29) is 12.7 Å². The molecular weight excluding hydrogens is 396 g/mol. The summed E-state index contributed by atoms with van der Waals surface area (Å²) in [6, 6.07) is 9.62. The van der Waals surface area contributed by atoms with Crippen LogP contribution in [-0.2, 0) is 17.8 Å². The van der Waals surface area contributed by atoms with Gasteiger partial charge in [0, 0.05) is 32.5 Å². The Hall–Kier alpha value is -3.36. The maximum atomic E-state index is 12.6. The molecule has 1 fully saturated rings. The molecule has 0 saturated carbocycles. The Kier molecular flexibility index (Phi) is 5.31. The molecule has 1 aromatic carbocycles. The van der Waals surface area contributed by atoms with Crippen molar-refractivity contribution in [3.63, 3.8) is 0 Å². The summed E-state index contributed by atoms with van der Waals surface area (Å²) in [4.78, 5) is 14.5. The average molecular weight is 422 g/mol. The summed E-state index contributed by atoms with van der Waals surface area (Å²) in [5.74, 6) is 3.82. The van der Waals surface area contributed by atoms with E-state index in [9.17, 15) is 4.79 Å². The van der Waals surface area contributed by atoms with E-state index in [1.165, 1.54) is 0 Å². The quantitative estimate of drug-likeness (QED) is 0.653. The zero-order valence-electron chi connectivity index (χ0n) is 17.6. The first-order chi connectivity index (χ1) is 15.2. The number of aryl methyl sites for hydroxylation is 1. The Balaban J connectivity index is 1.22. The number of nitrogens with zero attached hydrogens (tertiary/aromatic N) is 5. The molecule has 0 unspecified atom stereocenters. The van der Waals surface area contributed by atoms with Crippen LogP contribution < -0.4 is 14.8 Å². The van der Waals surface area contributed by atoms with Crippen molar-refractivity contribution in [3.05, 3.63) is 41.7 Å². The van der Waals surface area contributed by atoms with Crippen molar-refractivity contribution in [1.82, 2.24) is 24.7 Å². The van der Waals surface area contributed by atoms with Gasteiger partial charge < -0.3 is 19.7 Å². The Labute approximate surface area is 180 Å². The summed E-state index contributed by atoms with van der Waals surface area (Å²) in [6.45, 7) is 4.81. The Bertz CT molecular complexity index is 1090. The molecule has 5 rings (SSSR count). The molecule has 2 aromatic heterocycles. The highest BCUT2D eigenvalue weighted by Crippen LogP contribution is 2.32. The minimum Gasteiger partial charge on any atom is -0.454 e. The molecule has 1 N–H and O–H groups in total. The van der Waals surface area contributed by atoms with Gasteiger partial charge >= 0.3 is 0 Å². The van der Waals surface area contributed by atoms with E-state index in [1.807, 2.05) is 35.2 Å². The van der Waals surface area contributed by atoms with Crippen LogP contribution in [0.1, 0.15) is 37.6 Å². The summed E-state index contributed by atoms with van der Waals surface area (Å²) < 4.78 is 12.5. The van der Waals surface area contributed by atoms with Gasteiger partial charge in [0.25, 0.3) is 0 Å². The van der Waals surface area contributed by atoms with Crippen molar-refractivity contribution in [2.45, 2.75) is 39.2 Å². The van der Waals surface area contributed by atoms with Crippen LogP contribution in [0.5, 0.6) is 11.5 Å². The first-order valence-corrected chi connectivity index (χ1v) is 10.8. The molecule has 162 valence electrons. The summed E-state index contributed by atoms with van der Waals surface area (Å²) in [5.41, 5.74) is 1.74.